The highest BCUT2D eigenvalue weighted by Crippen LogP contribution is 2.67. The number of aliphatic carboxylic acids is 1. The first-order valence-corrected chi connectivity index (χ1v) is 12.8. The fourth-order valence-corrected chi connectivity index (χ4v) is 7.78. The van der Waals surface area contributed by atoms with E-state index in [1.54, 1.807) is 0 Å². The van der Waals surface area contributed by atoms with Crippen LogP contribution in [0.3, 0.4) is 0 Å². The van der Waals surface area contributed by atoms with Gasteiger partial charge in [-0.3, -0.25) is 9.59 Å². The molecule has 5 rings (SSSR count). The highest BCUT2D eigenvalue weighted by atomic mass is 16.4. The average Bonchev–Trinajstić information content (AvgIpc) is 3.07. The van der Waals surface area contributed by atoms with Gasteiger partial charge in [-0.2, -0.15) is 0 Å². The van der Waals surface area contributed by atoms with Gasteiger partial charge in [0.25, 0.3) is 0 Å². The smallest absolute Gasteiger partial charge is 0.303 e. The Hall–Kier alpha value is -2.40. The Morgan fingerprint density at radius 2 is 1.85 bits per heavy atom. The minimum atomic E-state index is -0.952. The number of ketones is 1. The fraction of sp³-hybridized carbons (Fsp3) is 0.586. The van der Waals surface area contributed by atoms with Gasteiger partial charge in [0.05, 0.1) is 5.60 Å². The van der Waals surface area contributed by atoms with Gasteiger partial charge in [-0.1, -0.05) is 24.6 Å². The van der Waals surface area contributed by atoms with Gasteiger partial charge in [-0.15, -0.1) is 0 Å². The van der Waals surface area contributed by atoms with Gasteiger partial charge in [0.1, 0.15) is 0 Å². The van der Waals surface area contributed by atoms with Crippen molar-refractivity contribution in [2.24, 2.45) is 17.3 Å². The molecule has 0 spiro atoms. The number of carbonyl (C=O) groups excluding carboxylic acids is 1. The number of carbonyl (C=O) groups is 2. The van der Waals surface area contributed by atoms with Crippen LogP contribution in [0.25, 0.3) is 0 Å². The SMILES string of the molecule is CN(C)c1ccc([C@H]2C[C@@]3(C)C(CC[C@@]3(O)CCC(=O)O)C3CCC4=CC(=O)CCC4=C32)cc1. The zero-order chi connectivity index (χ0) is 24.3. The second-order valence-corrected chi connectivity index (χ2v) is 11.4. The Kier molecular flexibility index (Phi) is 5.75. The number of aliphatic hydroxyl groups is 1. The average molecular weight is 464 g/mol. The van der Waals surface area contributed by atoms with Crippen LogP contribution in [-0.2, 0) is 9.59 Å². The lowest BCUT2D eigenvalue weighted by Crippen LogP contribution is -2.51. The molecule has 2 unspecified atom stereocenters. The molecule has 2 fully saturated rings. The Balaban J connectivity index is 1.62. The fourth-order valence-electron chi connectivity index (χ4n) is 7.78. The van der Waals surface area contributed by atoms with Gasteiger partial charge in [0.15, 0.2) is 5.78 Å². The number of rotatable bonds is 5. The third kappa shape index (κ3) is 3.64. The van der Waals surface area contributed by atoms with E-state index in [1.165, 1.54) is 22.3 Å². The molecule has 34 heavy (non-hydrogen) atoms. The van der Waals surface area contributed by atoms with Crippen molar-refractivity contribution in [2.45, 2.75) is 76.2 Å². The van der Waals surface area contributed by atoms with Crippen LogP contribution in [0.5, 0.6) is 0 Å². The number of allylic oxidation sites excluding steroid dienone is 4. The summed E-state index contributed by atoms with van der Waals surface area (Å²) >= 11 is 0. The lowest BCUT2D eigenvalue weighted by molar-refractivity contribution is -0.142. The summed E-state index contributed by atoms with van der Waals surface area (Å²) in [7, 11) is 4.08. The van der Waals surface area contributed by atoms with E-state index in [4.69, 9.17) is 0 Å². The van der Waals surface area contributed by atoms with Gasteiger partial charge >= 0.3 is 5.97 Å². The molecule has 0 bridgehead atoms. The first kappa shape index (κ1) is 23.3. The summed E-state index contributed by atoms with van der Waals surface area (Å²) in [6.07, 6.45) is 8.02. The number of hydrogen-bond acceptors (Lipinski definition) is 4. The Labute approximate surface area is 202 Å². The van der Waals surface area contributed by atoms with Crippen molar-refractivity contribution in [3.8, 4) is 0 Å². The van der Waals surface area contributed by atoms with Crippen molar-refractivity contribution in [3.05, 3.63) is 52.6 Å². The predicted octanol–water partition coefficient (Wildman–Crippen LogP) is 5.25. The predicted molar refractivity (Wildman–Crippen MR) is 133 cm³/mol. The van der Waals surface area contributed by atoms with Crippen molar-refractivity contribution in [3.63, 3.8) is 0 Å². The summed E-state index contributed by atoms with van der Waals surface area (Å²) in [6, 6.07) is 8.79. The number of anilines is 1. The molecule has 2 saturated carbocycles. The maximum atomic E-state index is 12.2. The van der Waals surface area contributed by atoms with Gasteiger partial charge in [-0.25, -0.2) is 0 Å². The van der Waals surface area contributed by atoms with E-state index in [0.29, 0.717) is 31.1 Å². The molecule has 5 nitrogen and oxygen atoms in total. The third-order valence-electron chi connectivity index (χ3n) is 9.62. The van der Waals surface area contributed by atoms with Crippen molar-refractivity contribution in [1.82, 2.24) is 0 Å². The van der Waals surface area contributed by atoms with Gasteiger partial charge in [0.2, 0.25) is 0 Å². The summed E-state index contributed by atoms with van der Waals surface area (Å²) in [5, 5.41) is 21.2. The molecule has 4 aliphatic carbocycles. The number of nitrogens with zero attached hydrogens (tertiary/aromatic N) is 1. The summed E-state index contributed by atoms with van der Waals surface area (Å²) in [6.45, 7) is 2.23. The van der Waals surface area contributed by atoms with Crippen LogP contribution in [-0.4, -0.2) is 41.7 Å². The number of carboxylic acid groups (broad SMARTS) is 1. The first-order valence-electron chi connectivity index (χ1n) is 12.8. The van der Waals surface area contributed by atoms with Gasteiger partial charge in [-0.05, 0) is 91.7 Å². The molecule has 0 radical (unpaired) electrons. The van der Waals surface area contributed by atoms with Crippen LogP contribution in [0.2, 0.25) is 0 Å². The Morgan fingerprint density at radius 1 is 1.12 bits per heavy atom. The van der Waals surface area contributed by atoms with Crippen molar-refractivity contribution >= 4 is 17.4 Å². The highest BCUT2D eigenvalue weighted by Gasteiger charge is 2.62. The van der Waals surface area contributed by atoms with Crippen LogP contribution in [0.15, 0.2) is 47.1 Å². The zero-order valence-corrected chi connectivity index (χ0v) is 20.6. The minimum Gasteiger partial charge on any atom is -0.481 e. The van der Waals surface area contributed by atoms with E-state index < -0.39 is 11.6 Å². The summed E-state index contributed by atoms with van der Waals surface area (Å²) in [5.41, 5.74) is 5.29. The van der Waals surface area contributed by atoms with E-state index in [0.717, 1.165) is 37.8 Å². The molecule has 5 atom stereocenters. The van der Waals surface area contributed by atoms with E-state index in [1.807, 2.05) is 20.2 Å². The lowest BCUT2D eigenvalue weighted by atomic mass is 9.51. The molecule has 0 aliphatic heterocycles. The molecule has 1 aromatic carbocycles. The number of benzene rings is 1. The van der Waals surface area contributed by atoms with Crippen LogP contribution in [0.4, 0.5) is 5.69 Å². The molecule has 0 saturated heterocycles. The van der Waals surface area contributed by atoms with E-state index >= 15 is 0 Å². The topological polar surface area (TPSA) is 77.8 Å². The van der Waals surface area contributed by atoms with Crippen molar-refractivity contribution in [2.75, 3.05) is 19.0 Å². The standard InChI is InChI=1S/C29H37NO4/c1-28-17-24(18-4-7-20(8-5-18)30(2)3)27-22-11-9-21(31)16-19(22)6-10-23(27)25(28)12-14-29(28,34)15-13-26(32)33/h4-5,7-8,16,23-25,34H,6,9-15,17H2,1-3H3,(H,32,33)/t23?,24-,25?,28+,29-/m1/s1. The van der Waals surface area contributed by atoms with Crippen molar-refractivity contribution in [1.29, 1.82) is 0 Å². The maximum absolute atomic E-state index is 12.2. The normalized spacial score (nSPS) is 34.8. The quantitative estimate of drug-likeness (QED) is 0.624. The molecule has 1 aromatic rings. The number of carboxylic acids is 1. The van der Waals surface area contributed by atoms with Crippen LogP contribution in [0.1, 0.15) is 76.2 Å². The summed E-state index contributed by atoms with van der Waals surface area (Å²) < 4.78 is 0. The maximum Gasteiger partial charge on any atom is 0.303 e. The van der Waals surface area contributed by atoms with Crippen LogP contribution in [0, 0.1) is 17.3 Å². The van der Waals surface area contributed by atoms with Crippen LogP contribution >= 0.6 is 0 Å². The second-order valence-electron chi connectivity index (χ2n) is 11.4. The van der Waals surface area contributed by atoms with Gasteiger partial charge in [0, 0.05) is 44.0 Å². The van der Waals surface area contributed by atoms with Crippen LogP contribution < -0.4 is 4.90 Å². The Bertz CT molecular complexity index is 1070. The monoisotopic (exact) mass is 463 g/mol. The molecular formula is C29H37NO4. The van der Waals surface area contributed by atoms with Crippen molar-refractivity contribution < 1.29 is 19.8 Å². The molecular weight excluding hydrogens is 426 g/mol. The molecule has 0 amide bonds. The summed E-state index contributed by atoms with van der Waals surface area (Å²) in [4.78, 5) is 25.7. The Morgan fingerprint density at radius 3 is 2.53 bits per heavy atom. The highest BCUT2D eigenvalue weighted by molar-refractivity contribution is 5.93. The lowest BCUT2D eigenvalue weighted by Gasteiger charge is -2.55. The second kappa shape index (κ2) is 8.37. The first-order chi connectivity index (χ1) is 16.1. The van der Waals surface area contributed by atoms with Gasteiger partial charge < -0.3 is 15.1 Å². The van der Waals surface area contributed by atoms with E-state index in [9.17, 15) is 19.8 Å². The molecule has 0 aromatic heterocycles. The molecule has 182 valence electrons. The largest absolute Gasteiger partial charge is 0.481 e. The number of hydrogen-bond donors (Lipinski definition) is 2. The molecule has 4 aliphatic rings. The molecule has 0 heterocycles. The number of fused-ring (bicyclic) bond motifs is 4. The zero-order valence-electron chi connectivity index (χ0n) is 20.6. The molecule has 5 heteroatoms. The minimum absolute atomic E-state index is 0.00855. The van der Waals surface area contributed by atoms with E-state index in [-0.39, 0.29) is 23.5 Å². The molecule has 2 N–H and O–H groups in total. The third-order valence-corrected chi connectivity index (χ3v) is 9.62. The van der Waals surface area contributed by atoms with E-state index in [2.05, 4.69) is 36.1 Å². The summed E-state index contributed by atoms with van der Waals surface area (Å²) in [5.74, 6) is 0.328.